The van der Waals surface area contributed by atoms with Gasteiger partial charge in [0.1, 0.15) is 0 Å². The third-order valence-corrected chi connectivity index (χ3v) is 5.29. The van der Waals surface area contributed by atoms with E-state index in [1.165, 1.54) is 31.4 Å². The standard InChI is InChI=1S/C14H18F3NO2S/c15-14(16,17)21(19,20)13-8-6-12(7-9-13)18-10-11-4-2-1-3-5-11/h6-9,11,18H,1-5,10H2. The average Bonchev–Trinajstić information content (AvgIpc) is 2.45. The van der Waals surface area contributed by atoms with Gasteiger partial charge in [0.2, 0.25) is 0 Å². The van der Waals surface area contributed by atoms with Crippen LogP contribution in [0, 0.1) is 5.92 Å². The second kappa shape index (κ2) is 6.25. The molecule has 21 heavy (non-hydrogen) atoms. The summed E-state index contributed by atoms with van der Waals surface area (Å²) in [4.78, 5) is -0.724. The Morgan fingerprint density at radius 2 is 1.62 bits per heavy atom. The van der Waals surface area contributed by atoms with E-state index in [4.69, 9.17) is 0 Å². The van der Waals surface area contributed by atoms with E-state index in [2.05, 4.69) is 5.32 Å². The lowest BCUT2D eigenvalue weighted by Crippen LogP contribution is -2.23. The zero-order valence-electron chi connectivity index (χ0n) is 11.5. The molecule has 0 unspecified atom stereocenters. The molecule has 1 aromatic carbocycles. The smallest absolute Gasteiger partial charge is 0.385 e. The number of rotatable bonds is 4. The van der Waals surface area contributed by atoms with Gasteiger partial charge in [-0.05, 0) is 43.0 Å². The Kier molecular flexibility index (Phi) is 4.81. The van der Waals surface area contributed by atoms with E-state index in [1.807, 2.05) is 0 Å². The highest BCUT2D eigenvalue weighted by Crippen LogP contribution is 2.31. The van der Waals surface area contributed by atoms with Crippen molar-refractivity contribution in [3.05, 3.63) is 24.3 Å². The second-order valence-corrected chi connectivity index (χ2v) is 7.30. The van der Waals surface area contributed by atoms with Gasteiger partial charge in [0.15, 0.2) is 0 Å². The minimum absolute atomic E-state index is 0.581. The summed E-state index contributed by atoms with van der Waals surface area (Å²) in [6, 6.07) is 4.74. The van der Waals surface area contributed by atoms with Crippen molar-refractivity contribution in [3.63, 3.8) is 0 Å². The number of nitrogens with one attached hydrogen (secondary N) is 1. The SMILES string of the molecule is O=S(=O)(c1ccc(NCC2CCCCC2)cc1)C(F)(F)F. The van der Waals surface area contributed by atoms with Crippen molar-refractivity contribution in [1.82, 2.24) is 0 Å². The fourth-order valence-electron chi connectivity index (χ4n) is 2.54. The van der Waals surface area contributed by atoms with Crippen LogP contribution in [-0.4, -0.2) is 20.5 Å². The average molecular weight is 321 g/mol. The highest BCUT2D eigenvalue weighted by molar-refractivity contribution is 7.92. The van der Waals surface area contributed by atoms with Gasteiger partial charge >= 0.3 is 5.51 Å². The molecule has 0 bridgehead atoms. The summed E-state index contributed by atoms with van der Waals surface area (Å²) in [7, 11) is -5.26. The van der Waals surface area contributed by atoms with E-state index in [0.29, 0.717) is 11.6 Å². The molecule has 118 valence electrons. The van der Waals surface area contributed by atoms with Gasteiger partial charge in [-0.25, -0.2) is 8.42 Å². The van der Waals surface area contributed by atoms with Crippen LogP contribution in [0.1, 0.15) is 32.1 Å². The first kappa shape index (κ1) is 16.1. The molecule has 0 atom stereocenters. The van der Waals surface area contributed by atoms with Crippen molar-refractivity contribution in [2.75, 3.05) is 11.9 Å². The minimum atomic E-state index is -5.26. The van der Waals surface area contributed by atoms with E-state index in [0.717, 1.165) is 31.5 Å². The van der Waals surface area contributed by atoms with Crippen LogP contribution in [0.3, 0.4) is 0 Å². The quantitative estimate of drug-likeness (QED) is 0.912. The summed E-state index contributed by atoms with van der Waals surface area (Å²) < 4.78 is 59.7. The number of benzene rings is 1. The predicted octanol–water partition coefficient (Wildman–Crippen LogP) is 3.97. The fraction of sp³-hybridized carbons (Fsp3) is 0.571. The van der Waals surface area contributed by atoms with E-state index >= 15 is 0 Å². The lowest BCUT2D eigenvalue weighted by atomic mass is 9.89. The van der Waals surface area contributed by atoms with Crippen molar-refractivity contribution in [2.45, 2.75) is 42.5 Å². The van der Waals surface area contributed by atoms with Crippen LogP contribution in [0.5, 0.6) is 0 Å². The number of hydrogen-bond donors (Lipinski definition) is 1. The Morgan fingerprint density at radius 1 is 1.05 bits per heavy atom. The zero-order valence-corrected chi connectivity index (χ0v) is 12.3. The molecule has 1 N–H and O–H groups in total. The topological polar surface area (TPSA) is 46.2 Å². The maximum Gasteiger partial charge on any atom is 0.501 e. The molecule has 0 aromatic heterocycles. The molecule has 3 nitrogen and oxygen atoms in total. The van der Waals surface area contributed by atoms with E-state index in [-0.39, 0.29) is 0 Å². The van der Waals surface area contributed by atoms with Gasteiger partial charge in [-0.1, -0.05) is 19.3 Å². The molecule has 1 aromatic rings. The van der Waals surface area contributed by atoms with Crippen LogP contribution in [0.2, 0.25) is 0 Å². The lowest BCUT2D eigenvalue weighted by Gasteiger charge is -2.22. The summed E-state index contributed by atoms with van der Waals surface area (Å²) in [6.07, 6.45) is 6.02. The van der Waals surface area contributed by atoms with Gasteiger partial charge in [0.25, 0.3) is 9.84 Å². The molecule has 1 saturated carbocycles. The summed E-state index contributed by atoms with van der Waals surface area (Å²) in [5.41, 5.74) is -4.62. The molecule has 1 aliphatic rings. The van der Waals surface area contributed by atoms with Gasteiger partial charge < -0.3 is 5.32 Å². The molecule has 2 rings (SSSR count). The third-order valence-electron chi connectivity index (χ3n) is 3.79. The molecular weight excluding hydrogens is 303 g/mol. The number of halogens is 3. The Bertz CT molecular complexity index is 561. The molecule has 7 heteroatoms. The highest BCUT2D eigenvalue weighted by Gasteiger charge is 2.46. The molecule has 1 fully saturated rings. The maximum atomic E-state index is 12.4. The van der Waals surface area contributed by atoms with Crippen LogP contribution < -0.4 is 5.32 Å². The molecule has 1 aliphatic carbocycles. The van der Waals surface area contributed by atoms with Crippen molar-refractivity contribution >= 4 is 15.5 Å². The third kappa shape index (κ3) is 3.90. The van der Waals surface area contributed by atoms with Gasteiger partial charge in [-0.15, -0.1) is 0 Å². The van der Waals surface area contributed by atoms with E-state index in [9.17, 15) is 21.6 Å². The normalized spacial score (nSPS) is 17.7. The summed E-state index contributed by atoms with van der Waals surface area (Å²) in [5.74, 6) is 0.581. The van der Waals surface area contributed by atoms with Crippen LogP contribution >= 0.6 is 0 Å². The minimum Gasteiger partial charge on any atom is -0.385 e. The first-order valence-electron chi connectivity index (χ1n) is 6.96. The fourth-order valence-corrected chi connectivity index (χ4v) is 3.30. The largest absolute Gasteiger partial charge is 0.501 e. The van der Waals surface area contributed by atoms with Gasteiger partial charge in [-0.2, -0.15) is 13.2 Å². The van der Waals surface area contributed by atoms with E-state index < -0.39 is 20.2 Å². The number of hydrogen-bond acceptors (Lipinski definition) is 3. The van der Waals surface area contributed by atoms with Crippen molar-refractivity contribution in [2.24, 2.45) is 5.92 Å². The molecule has 0 spiro atoms. The van der Waals surface area contributed by atoms with Crippen LogP contribution in [0.15, 0.2) is 29.2 Å². The lowest BCUT2D eigenvalue weighted by molar-refractivity contribution is -0.0436. The van der Waals surface area contributed by atoms with Crippen molar-refractivity contribution in [1.29, 1.82) is 0 Å². The Balaban J connectivity index is 1.99. The second-order valence-electron chi connectivity index (χ2n) is 5.36. The predicted molar refractivity (Wildman–Crippen MR) is 74.7 cm³/mol. The first-order chi connectivity index (χ1) is 9.80. The number of sulfone groups is 1. The van der Waals surface area contributed by atoms with E-state index in [1.54, 1.807) is 0 Å². The van der Waals surface area contributed by atoms with Crippen LogP contribution in [0.25, 0.3) is 0 Å². The zero-order chi connectivity index (χ0) is 15.5. The molecule has 0 saturated heterocycles. The van der Waals surface area contributed by atoms with Gasteiger partial charge in [0.05, 0.1) is 4.90 Å². The molecule has 0 aliphatic heterocycles. The Morgan fingerprint density at radius 3 is 2.14 bits per heavy atom. The molecule has 0 radical (unpaired) electrons. The van der Waals surface area contributed by atoms with Crippen molar-refractivity contribution < 1.29 is 21.6 Å². The Labute approximate surface area is 122 Å². The van der Waals surface area contributed by atoms with Crippen molar-refractivity contribution in [3.8, 4) is 0 Å². The number of alkyl halides is 3. The Hall–Kier alpha value is -1.24. The first-order valence-corrected chi connectivity index (χ1v) is 8.44. The van der Waals surface area contributed by atoms with Crippen LogP contribution in [0.4, 0.5) is 18.9 Å². The summed E-state index contributed by atoms with van der Waals surface area (Å²) >= 11 is 0. The summed E-state index contributed by atoms with van der Waals surface area (Å²) in [6.45, 7) is 0.769. The van der Waals surface area contributed by atoms with Crippen LogP contribution in [-0.2, 0) is 9.84 Å². The molecule has 0 heterocycles. The monoisotopic (exact) mass is 321 g/mol. The van der Waals surface area contributed by atoms with Gasteiger partial charge in [-0.3, -0.25) is 0 Å². The summed E-state index contributed by atoms with van der Waals surface area (Å²) in [5, 5.41) is 3.16. The number of anilines is 1. The molecular formula is C14H18F3NO2S. The van der Waals surface area contributed by atoms with Gasteiger partial charge in [0, 0.05) is 12.2 Å². The molecule has 0 amide bonds. The highest BCUT2D eigenvalue weighted by atomic mass is 32.2. The maximum absolute atomic E-state index is 12.4.